The molecular formula is C20H32ClF2NO3. The molecule has 0 aliphatic rings. The van der Waals surface area contributed by atoms with Crippen LogP contribution in [-0.4, -0.2) is 24.2 Å². The van der Waals surface area contributed by atoms with E-state index in [2.05, 4.69) is 0 Å². The van der Waals surface area contributed by atoms with Gasteiger partial charge in [-0.1, -0.05) is 27.7 Å². The number of esters is 1. The van der Waals surface area contributed by atoms with Gasteiger partial charge in [0.2, 0.25) is 0 Å². The van der Waals surface area contributed by atoms with Crippen molar-refractivity contribution in [3.63, 3.8) is 0 Å². The van der Waals surface area contributed by atoms with Crippen LogP contribution in [0.3, 0.4) is 0 Å². The maximum absolute atomic E-state index is 14.0. The third-order valence-electron chi connectivity index (χ3n) is 4.46. The standard InChI is InChI=1S/C20H31F2NO3.ClH/c1-6-14(7-2)19(26-18-11-15(21)8-9-16(18)22)13(5)25-20(24)17(23)10-12(3)4;/h8-9,11-14,17,19H,6-7,10,23H2,1-5H3;1H/t13-,17-,19+;/m0./s1. The summed E-state index contributed by atoms with van der Waals surface area (Å²) in [5.41, 5.74) is 5.88. The highest BCUT2D eigenvalue weighted by Crippen LogP contribution is 2.27. The molecule has 0 unspecified atom stereocenters. The molecule has 7 heteroatoms. The van der Waals surface area contributed by atoms with E-state index in [1.165, 1.54) is 0 Å². The Bertz CT molecular complexity index is 582. The van der Waals surface area contributed by atoms with Gasteiger partial charge >= 0.3 is 5.97 Å². The number of benzene rings is 1. The molecule has 0 aliphatic heterocycles. The summed E-state index contributed by atoms with van der Waals surface area (Å²) in [6.45, 7) is 9.59. The molecule has 0 heterocycles. The normalized spacial score (nSPS) is 14.4. The smallest absolute Gasteiger partial charge is 0.323 e. The van der Waals surface area contributed by atoms with Crippen molar-refractivity contribution < 1.29 is 23.0 Å². The first-order valence-electron chi connectivity index (χ1n) is 9.27. The number of hydrogen-bond acceptors (Lipinski definition) is 4. The van der Waals surface area contributed by atoms with Crippen molar-refractivity contribution in [2.24, 2.45) is 17.6 Å². The summed E-state index contributed by atoms with van der Waals surface area (Å²) in [6, 6.07) is 2.33. The molecule has 0 fully saturated rings. The molecule has 0 saturated heterocycles. The van der Waals surface area contributed by atoms with E-state index in [4.69, 9.17) is 15.2 Å². The van der Waals surface area contributed by atoms with Crippen LogP contribution in [0.1, 0.15) is 53.9 Å². The minimum absolute atomic E-state index is 0. The van der Waals surface area contributed by atoms with Crippen LogP contribution in [-0.2, 0) is 9.53 Å². The minimum atomic E-state index is -0.717. The Hall–Kier alpha value is -1.40. The summed E-state index contributed by atoms with van der Waals surface area (Å²) in [5.74, 6) is -1.66. The fourth-order valence-corrected chi connectivity index (χ4v) is 2.98. The fourth-order valence-electron chi connectivity index (χ4n) is 2.98. The van der Waals surface area contributed by atoms with Gasteiger partial charge in [-0.25, -0.2) is 8.78 Å². The highest BCUT2D eigenvalue weighted by Gasteiger charge is 2.31. The van der Waals surface area contributed by atoms with Crippen LogP contribution < -0.4 is 10.5 Å². The summed E-state index contributed by atoms with van der Waals surface area (Å²) >= 11 is 0. The van der Waals surface area contributed by atoms with E-state index in [-0.39, 0.29) is 30.0 Å². The molecule has 156 valence electrons. The molecule has 0 radical (unpaired) electrons. The Morgan fingerprint density at radius 3 is 2.26 bits per heavy atom. The molecule has 1 rings (SSSR count). The number of rotatable bonds is 10. The number of nitrogens with two attached hydrogens (primary N) is 1. The van der Waals surface area contributed by atoms with Gasteiger partial charge in [-0.2, -0.15) is 0 Å². The zero-order valence-corrected chi connectivity index (χ0v) is 17.5. The Morgan fingerprint density at radius 1 is 1.15 bits per heavy atom. The van der Waals surface area contributed by atoms with Crippen molar-refractivity contribution in [1.82, 2.24) is 0 Å². The van der Waals surface area contributed by atoms with Gasteiger partial charge in [-0.15, -0.1) is 12.4 Å². The van der Waals surface area contributed by atoms with Gasteiger partial charge in [0.05, 0.1) is 0 Å². The Morgan fingerprint density at radius 2 is 1.74 bits per heavy atom. The molecule has 4 nitrogen and oxygen atoms in total. The zero-order valence-electron chi connectivity index (χ0n) is 16.7. The summed E-state index contributed by atoms with van der Waals surface area (Å²) < 4.78 is 38.7. The highest BCUT2D eigenvalue weighted by molar-refractivity contribution is 5.85. The number of hydrogen-bond donors (Lipinski definition) is 1. The van der Waals surface area contributed by atoms with Crippen LogP contribution in [0.2, 0.25) is 0 Å². The first kappa shape index (κ1) is 25.6. The zero-order chi connectivity index (χ0) is 19.9. The van der Waals surface area contributed by atoms with Crippen molar-refractivity contribution in [3.05, 3.63) is 29.8 Å². The first-order chi connectivity index (χ1) is 12.2. The fraction of sp³-hybridized carbons (Fsp3) is 0.650. The second-order valence-corrected chi connectivity index (χ2v) is 7.11. The van der Waals surface area contributed by atoms with Gasteiger partial charge in [0.1, 0.15) is 24.1 Å². The molecule has 0 saturated carbocycles. The van der Waals surface area contributed by atoms with Crippen LogP contribution in [0.25, 0.3) is 0 Å². The van der Waals surface area contributed by atoms with Crippen molar-refractivity contribution >= 4 is 18.4 Å². The average molecular weight is 408 g/mol. The van der Waals surface area contributed by atoms with Gasteiger partial charge in [-0.05, 0) is 50.2 Å². The molecule has 0 spiro atoms. The van der Waals surface area contributed by atoms with Gasteiger partial charge in [0.25, 0.3) is 0 Å². The SMILES string of the molecule is CCC(CC)[C@H](Oc1cc(F)ccc1F)[C@H](C)OC(=O)[C@@H](N)CC(C)C.Cl. The van der Waals surface area contributed by atoms with Crippen LogP contribution in [0.15, 0.2) is 18.2 Å². The molecule has 3 atom stereocenters. The molecular weight excluding hydrogens is 376 g/mol. The number of carbonyl (C=O) groups is 1. The van der Waals surface area contributed by atoms with E-state index < -0.39 is 35.9 Å². The van der Waals surface area contributed by atoms with Crippen molar-refractivity contribution in [3.8, 4) is 5.75 Å². The largest absolute Gasteiger partial charge is 0.483 e. The van der Waals surface area contributed by atoms with Crippen LogP contribution >= 0.6 is 12.4 Å². The van der Waals surface area contributed by atoms with Crippen LogP contribution in [0, 0.1) is 23.5 Å². The lowest BCUT2D eigenvalue weighted by Gasteiger charge is -2.31. The molecule has 0 amide bonds. The summed E-state index contributed by atoms with van der Waals surface area (Å²) in [6.07, 6.45) is 0.765. The van der Waals surface area contributed by atoms with E-state index in [1.54, 1.807) is 6.92 Å². The molecule has 27 heavy (non-hydrogen) atoms. The van der Waals surface area contributed by atoms with Gasteiger partial charge in [0.15, 0.2) is 11.6 Å². The topological polar surface area (TPSA) is 61.5 Å². The quantitative estimate of drug-likeness (QED) is 0.562. The summed E-state index contributed by atoms with van der Waals surface area (Å²) in [5, 5.41) is 0. The molecule has 1 aromatic rings. The molecule has 0 aliphatic carbocycles. The molecule has 0 bridgehead atoms. The minimum Gasteiger partial charge on any atom is -0.483 e. The van der Waals surface area contributed by atoms with Crippen molar-refractivity contribution in [2.45, 2.75) is 72.1 Å². The third-order valence-corrected chi connectivity index (χ3v) is 4.46. The second-order valence-electron chi connectivity index (χ2n) is 7.11. The number of halogens is 3. The van der Waals surface area contributed by atoms with Crippen molar-refractivity contribution in [2.75, 3.05) is 0 Å². The number of ether oxygens (including phenoxy) is 2. The van der Waals surface area contributed by atoms with Gasteiger partial charge < -0.3 is 15.2 Å². The lowest BCUT2D eigenvalue weighted by molar-refractivity contribution is -0.156. The monoisotopic (exact) mass is 407 g/mol. The third kappa shape index (κ3) is 8.01. The average Bonchev–Trinajstić information content (AvgIpc) is 2.57. The predicted octanol–water partition coefficient (Wildman–Crippen LogP) is 4.88. The molecule has 0 aromatic heterocycles. The Balaban J connectivity index is 0.00000676. The highest BCUT2D eigenvalue weighted by atomic mass is 35.5. The van der Waals surface area contributed by atoms with E-state index in [1.807, 2.05) is 27.7 Å². The lowest BCUT2D eigenvalue weighted by atomic mass is 9.93. The molecule has 1 aromatic carbocycles. The van der Waals surface area contributed by atoms with Crippen LogP contribution in [0.4, 0.5) is 8.78 Å². The molecule has 2 N–H and O–H groups in total. The maximum Gasteiger partial charge on any atom is 0.323 e. The van der Waals surface area contributed by atoms with Crippen LogP contribution in [0.5, 0.6) is 5.75 Å². The number of carbonyl (C=O) groups excluding carboxylic acids is 1. The van der Waals surface area contributed by atoms with E-state index >= 15 is 0 Å². The second kappa shape index (κ2) is 12.1. The lowest BCUT2D eigenvalue weighted by Crippen LogP contribution is -2.43. The summed E-state index contributed by atoms with van der Waals surface area (Å²) in [4.78, 5) is 12.2. The van der Waals surface area contributed by atoms with Gasteiger partial charge in [-0.3, -0.25) is 4.79 Å². The van der Waals surface area contributed by atoms with Gasteiger partial charge in [0, 0.05) is 6.07 Å². The van der Waals surface area contributed by atoms with E-state index in [0.717, 1.165) is 31.0 Å². The van der Waals surface area contributed by atoms with E-state index in [0.29, 0.717) is 6.42 Å². The van der Waals surface area contributed by atoms with E-state index in [9.17, 15) is 13.6 Å². The first-order valence-corrected chi connectivity index (χ1v) is 9.27. The summed E-state index contributed by atoms with van der Waals surface area (Å²) in [7, 11) is 0. The predicted molar refractivity (Wildman–Crippen MR) is 105 cm³/mol. The Kier molecular flexibility index (Phi) is 11.5. The maximum atomic E-state index is 14.0. The Labute approximate surface area is 167 Å². The van der Waals surface area contributed by atoms with Crippen molar-refractivity contribution in [1.29, 1.82) is 0 Å².